The number of benzene rings is 2. The van der Waals surface area contributed by atoms with E-state index < -0.39 is 5.41 Å². The molecule has 3 unspecified atom stereocenters. The van der Waals surface area contributed by atoms with Gasteiger partial charge in [0.05, 0.1) is 18.4 Å². The van der Waals surface area contributed by atoms with Gasteiger partial charge >= 0.3 is 0 Å². The summed E-state index contributed by atoms with van der Waals surface area (Å²) < 4.78 is 5.50. The van der Waals surface area contributed by atoms with E-state index in [0.717, 1.165) is 22.4 Å². The molecule has 4 rings (SSSR count). The number of nitrogens with zero attached hydrogens (tertiary/aromatic N) is 1. The zero-order valence-corrected chi connectivity index (χ0v) is 19.7. The van der Waals surface area contributed by atoms with Crippen molar-refractivity contribution in [3.8, 4) is 16.9 Å². The Balaban J connectivity index is 1.53. The van der Waals surface area contributed by atoms with Crippen LogP contribution in [0, 0.1) is 11.3 Å². The molecular formula is C26H34N4O3. The highest BCUT2D eigenvalue weighted by atomic mass is 16.5. The van der Waals surface area contributed by atoms with Crippen LogP contribution in [0.3, 0.4) is 0 Å². The van der Waals surface area contributed by atoms with Crippen LogP contribution in [0.25, 0.3) is 11.1 Å². The molecule has 0 bridgehead atoms. The second-order valence-corrected chi connectivity index (χ2v) is 9.14. The molecule has 7 heteroatoms. The van der Waals surface area contributed by atoms with Crippen molar-refractivity contribution in [3.05, 3.63) is 54.1 Å². The first-order valence-electron chi connectivity index (χ1n) is 11.8. The van der Waals surface area contributed by atoms with Gasteiger partial charge < -0.3 is 15.0 Å². The van der Waals surface area contributed by atoms with E-state index in [2.05, 4.69) is 40.4 Å². The summed E-state index contributed by atoms with van der Waals surface area (Å²) in [6, 6.07) is 16.3. The first-order chi connectivity index (χ1) is 16.0. The lowest BCUT2D eigenvalue weighted by atomic mass is 9.79. The van der Waals surface area contributed by atoms with Gasteiger partial charge in [-0.1, -0.05) is 42.5 Å². The van der Waals surface area contributed by atoms with E-state index in [1.54, 1.807) is 7.11 Å². The third-order valence-electron chi connectivity index (χ3n) is 6.97. The summed E-state index contributed by atoms with van der Waals surface area (Å²) in [6.07, 6.45) is 1.27. The molecule has 0 aromatic heterocycles. The van der Waals surface area contributed by atoms with Gasteiger partial charge in [0, 0.05) is 37.8 Å². The molecule has 33 heavy (non-hydrogen) atoms. The molecule has 0 aliphatic carbocycles. The number of hydrazine groups is 1. The van der Waals surface area contributed by atoms with E-state index in [-0.39, 0.29) is 23.8 Å². The van der Waals surface area contributed by atoms with Gasteiger partial charge in [-0.05, 0) is 43.9 Å². The van der Waals surface area contributed by atoms with E-state index in [4.69, 9.17) is 4.74 Å². The third kappa shape index (κ3) is 4.75. The molecule has 2 aromatic carbocycles. The smallest absolute Gasteiger partial charge is 0.228 e. The highest BCUT2D eigenvalue weighted by molar-refractivity contribution is 5.86. The van der Waals surface area contributed by atoms with Gasteiger partial charge in [-0.25, -0.2) is 0 Å². The molecule has 2 aliphatic rings. The summed E-state index contributed by atoms with van der Waals surface area (Å²) in [5, 5.41) is 3.02. The maximum absolute atomic E-state index is 13.2. The SMILES string of the molecule is CCNC(=O)C1(Cc2ccc(-c3ccccc3OC)cc2)CCN(C(=O)C2CNNC2C)C1. The Morgan fingerprint density at radius 1 is 1.18 bits per heavy atom. The van der Waals surface area contributed by atoms with Crippen LogP contribution in [0.2, 0.25) is 0 Å². The maximum Gasteiger partial charge on any atom is 0.228 e. The van der Waals surface area contributed by atoms with E-state index in [9.17, 15) is 9.59 Å². The van der Waals surface area contributed by atoms with Gasteiger partial charge in [-0.3, -0.25) is 20.4 Å². The lowest BCUT2D eigenvalue weighted by Gasteiger charge is -2.29. The predicted molar refractivity (Wildman–Crippen MR) is 129 cm³/mol. The molecule has 0 radical (unpaired) electrons. The van der Waals surface area contributed by atoms with Gasteiger partial charge in [0.15, 0.2) is 0 Å². The van der Waals surface area contributed by atoms with Crippen molar-refractivity contribution in [2.45, 2.75) is 32.7 Å². The molecule has 0 saturated carbocycles. The van der Waals surface area contributed by atoms with Crippen molar-refractivity contribution in [2.24, 2.45) is 11.3 Å². The second-order valence-electron chi connectivity index (χ2n) is 9.14. The third-order valence-corrected chi connectivity index (χ3v) is 6.97. The van der Waals surface area contributed by atoms with Crippen molar-refractivity contribution in [1.29, 1.82) is 0 Å². The molecule has 2 saturated heterocycles. The normalized spacial score (nSPS) is 24.6. The highest BCUT2D eigenvalue weighted by Crippen LogP contribution is 2.37. The van der Waals surface area contributed by atoms with E-state index in [0.29, 0.717) is 39.0 Å². The van der Waals surface area contributed by atoms with Crippen LogP contribution < -0.4 is 20.9 Å². The fourth-order valence-corrected chi connectivity index (χ4v) is 5.04. The fraction of sp³-hybridized carbons (Fsp3) is 0.462. The average Bonchev–Trinajstić information content (AvgIpc) is 3.46. The number of ether oxygens (including phenoxy) is 1. The summed E-state index contributed by atoms with van der Waals surface area (Å²) in [4.78, 5) is 28.2. The van der Waals surface area contributed by atoms with E-state index in [1.165, 1.54) is 0 Å². The van der Waals surface area contributed by atoms with Gasteiger partial charge in [-0.2, -0.15) is 0 Å². The lowest BCUT2D eigenvalue weighted by Crippen LogP contribution is -2.46. The summed E-state index contributed by atoms with van der Waals surface area (Å²) in [5.74, 6) is 0.886. The number of amides is 2. The average molecular weight is 451 g/mol. The van der Waals surface area contributed by atoms with Crippen LogP contribution in [0.5, 0.6) is 5.75 Å². The monoisotopic (exact) mass is 450 g/mol. The number of likely N-dealkylation sites (tertiary alicyclic amines) is 1. The molecule has 2 fully saturated rings. The van der Waals surface area contributed by atoms with Crippen molar-refractivity contribution < 1.29 is 14.3 Å². The predicted octanol–water partition coefficient (Wildman–Crippen LogP) is 2.37. The van der Waals surface area contributed by atoms with Gasteiger partial charge in [-0.15, -0.1) is 0 Å². The minimum atomic E-state index is -0.611. The standard InChI is InChI=1S/C26H34N4O3/c1-4-27-25(32)26(13-14-30(17-26)24(31)22-16-28-29-18(22)2)15-19-9-11-20(12-10-19)21-7-5-6-8-23(21)33-3/h5-12,18,22,28-29H,4,13-17H2,1-3H3,(H,27,32). The molecule has 3 N–H and O–H groups in total. The Hall–Kier alpha value is -2.90. The fourth-order valence-electron chi connectivity index (χ4n) is 5.04. The molecule has 2 heterocycles. The summed E-state index contributed by atoms with van der Waals surface area (Å²) >= 11 is 0. The zero-order valence-electron chi connectivity index (χ0n) is 19.7. The molecule has 2 amide bonds. The van der Waals surface area contributed by atoms with Crippen molar-refractivity contribution >= 4 is 11.8 Å². The number of para-hydroxylation sites is 1. The molecule has 3 atom stereocenters. The summed E-state index contributed by atoms with van der Waals surface area (Å²) in [7, 11) is 1.68. The zero-order chi connectivity index (χ0) is 23.4. The Labute approximate surface area is 195 Å². The van der Waals surface area contributed by atoms with Crippen molar-refractivity contribution in [2.75, 3.05) is 33.3 Å². The molecule has 2 aromatic rings. The molecule has 7 nitrogen and oxygen atoms in total. The first kappa shape index (κ1) is 23.3. The van der Waals surface area contributed by atoms with Crippen molar-refractivity contribution in [3.63, 3.8) is 0 Å². The number of nitrogens with one attached hydrogen (secondary N) is 3. The Morgan fingerprint density at radius 2 is 1.94 bits per heavy atom. The van der Waals surface area contributed by atoms with Crippen LogP contribution in [0.1, 0.15) is 25.8 Å². The van der Waals surface area contributed by atoms with E-state index >= 15 is 0 Å². The number of rotatable bonds is 7. The summed E-state index contributed by atoms with van der Waals surface area (Å²) in [5.41, 5.74) is 8.78. The quantitative estimate of drug-likeness (QED) is 0.603. The molecular weight excluding hydrogens is 416 g/mol. The van der Waals surface area contributed by atoms with Gasteiger partial charge in [0.2, 0.25) is 11.8 Å². The molecule has 2 aliphatic heterocycles. The number of hydrogen-bond acceptors (Lipinski definition) is 5. The molecule has 0 spiro atoms. The number of hydrogen-bond donors (Lipinski definition) is 3. The number of carbonyl (C=O) groups excluding carboxylic acids is 2. The van der Waals surface area contributed by atoms with Crippen LogP contribution in [0.15, 0.2) is 48.5 Å². The minimum absolute atomic E-state index is 0.0322. The number of carbonyl (C=O) groups is 2. The first-order valence-corrected chi connectivity index (χ1v) is 11.8. The minimum Gasteiger partial charge on any atom is -0.496 e. The molecule has 176 valence electrons. The van der Waals surface area contributed by atoms with Crippen LogP contribution in [-0.2, 0) is 16.0 Å². The Bertz CT molecular complexity index is 993. The second kappa shape index (κ2) is 9.93. The van der Waals surface area contributed by atoms with Crippen LogP contribution >= 0.6 is 0 Å². The van der Waals surface area contributed by atoms with E-state index in [1.807, 2.05) is 43.0 Å². The van der Waals surface area contributed by atoms with Gasteiger partial charge in [0.1, 0.15) is 5.75 Å². The number of methoxy groups -OCH3 is 1. The highest BCUT2D eigenvalue weighted by Gasteiger charge is 2.47. The maximum atomic E-state index is 13.2. The lowest BCUT2D eigenvalue weighted by molar-refractivity contribution is -0.136. The largest absolute Gasteiger partial charge is 0.496 e. The summed E-state index contributed by atoms with van der Waals surface area (Å²) in [6.45, 7) is 6.21. The van der Waals surface area contributed by atoms with Crippen molar-refractivity contribution in [1.82, 2.24) is 21.1 Å². The van der Waals surface area contributed by atoms with Crippen LogP contribution in [-0.4, -0.2) is 56.0 Å². The topological polar surface area (TPSA) is 82.7 Å². The van der Waals surface area contributed by atoms with Crippen LogP contribution in [0.4, 0.5) is 0 Å². The Kier molecular flexibility index (Phi) is 7.00. The van der Waals surface area contributed by atoms with Gasteiger partial charge in [0.25, 0.3) is 0 Å². The Morgan fingerprint density at radius 3 is 2.61 bits per heavy atom.